The molecule has 32 heavy (non-hydrogen) atoms. The molecule has 1 aromatic carbocycles. The molecule has 0 aliphatic carbocycles. The van der Waals surface area contributed by atoms with E-state index in [2.05, 4.69) is 37.8 Å². The average Bonchev–Trinajstić information content (AvgIpc) is 2.81. The van der Waals surface area contributed by atoms with Gasteiger partial charge in [0.2, 0.25) is 5.91 Å². The van der Waals surface area contributed by atoms with Crippen LogP contribution in [-0.4, -0.2) is 88.9 Å². The van der Waals surface area contributed by atoms with Crippen LogP contribution in [0.1, 0.15) is 23.3 Å². The molecule has 0 unspecified atom stereocenters. The number of nitrogens with zero attached hydrogens (tertiary/aromatic N) is 5. The number of carbonyl (C=O) groups excluding carboxylic acids is 2. The zero-order chi connectivity index (χ0) is 22.5. The van der Waals surface area contributed by atoms with Crippen molar-refractivity contribution in [1.29, 1.82) is 0 Å². The Morgan fingerprint density at radius 1 is 1.12 bits per heavy atom. The van der Waals surface area contributed by atoms with E-state index < -0.39 is 0 Å². The molecule has 2 saturated heterocycles. The second-order valence-electron chi connectivity index (χ2n) is 8.39. The Hall–Kier alpha value is -2.52. The number of aromatic nitrogens is 2. The Kier molecular flexibility index (Phi) is 7.36. The number of piperidine rings is 1. The van der Waals surface area contributed by atoms with Crippen molar-refractivity contribution in [2.24, 2.45) is 5.92 Å². The van der Waals surface area contributed by atoms with Gasteiger partial charge in [0.1, 0.15) is 17.5 Å². The van der Waals surface area contributed by atoms with Gasteiger partial charge in [-0.25, -0.2) is 4.98 Å². The number of likely N-dealkylation sites (N-methyl/N-ethyl adjacent to an activating group) is 1. The fourth-order valence-electron chi connectivity index (χ4n) is 4.24. The maximum absolute atomic E-state index is 13.1. The van der Waals surface area contributed by atoms with E-state index in [0.717, 1.165) is 36.4 Å². The third kappa shape index (κ3) is 5.63. The van der Waals surface area contributed by atoms with E-state index in [0.29, 0.717) is 31.6 Å². The fraction of sp³-hybridized carbons (Fsp3) is 0.478. The molecule has 8 nitrogen and oxygen atoms in total. The molecule has 2 aliphatic rings. The maximum atomic E-state index is 13.1. The van der Waals surface area contributed by atoms with Crippen molar-refractivity contribution in [3.8, 4) is 5.75 Å². The summed E-state index contributed by atoms with van der Waals surface area (Å²) in [6, 6.07) is 7.72. The van der Waals surface area contributed by atoms with Gasteiger partial charge in [-0.3, -0.25) is 14.6 Å². The largest absolute Gasteiger partial charge is 0.490 e. The number of hydrogen-bond acceptors (Lipinski definition) is 6. The predicted molar refractivity (Wildman–Crippen MR) is 123 cm³/mol. The molecule has 2 atom stereocenters. The summed E-state index contributed by atoms with van der Waals surface area (Å²) in [7, 11) is 2.07. The van der Waals surface area contributed by atoms with Crippen molar-refractivity contribution in [3.63, 3.8) is 0 Å². The lowest BCUT2D eigenvalue weighted by atomic mass is 9.90. The second-order valence-corrected chi connectivity index (χ2v) is 9.31. The molecule has 0 saturated carbocycles. The highest BCUT2D eigenvalue weighted by molar-refractivity contribution is 9.10. The van der Waals surface area contributed by atoms with E-state index in [9.17, 15) is 9.59 Å². The quantitative estimate of drug-likeness (QED) is 0.625. The summed E-state index contributed by atoms with van der Waals surface area (Å²) in [5, 5.41) is 0. The number of carbonyl (C=O) groups is 2. The molecule has 1 aromatic heterocycles. The smallest absolute Gasteiger partial charge is 0.274 e. The number of benzene rings is 1. The molecule has 9 heteroatoms. The molecular weight excluding hydrogens is 474 g/mol. The van der Waals surface area contributed by atoms with Crippen molar-refractivity contribution in [1.82, 2.24) is 24.7 Å². The number of ether oxygens (including phenoxy) is 1. The lowest BCUT2D eigenvalue weighted by Gasteiger charge is -2.39. The normalized spacial score (nSPS) is 21.9. The van der Waals surface area contributed by atoms with Crippen molar-refractivity contribution < 1.29 is 14.3 Å². The van der Waals surface area contributed by atoms with Gasteiger partial charge in [0.15, 0.2) is 0 Å². The molecule has 2 aliphatic heterocycles. The monoisotopic (exact) mass is 501 g/mol. The molecule has 2 fully saturated rings. The summed E-state index contributed by atoms with van der Waals surface area (Å²) in [6.45, 7) is 4.24. The fourth-order valence-corrected chi connectivity index (χ4v) is 4.62. The van der Waals surface area contributed by atoms with Crippen LogP contribution in [-0.2, 0) is 4.79 Å². The zero-order valence-corrected chi connectivity index (χ0v) is 19.8. The van der Waals surface area contributed by atoms with Crippen LogP contribution < -0.4 is 4.74 Å². The summed E-state index contributed by atoms with van der Waals surface area (Å²) in [5.74, 6) is 0.626. The van der Waals surface area contributed by atoms with Crippen LogP contribution >= 0.6 is 15.9 Å². The topological polar surface area (TPSA) is 78.9 Å². The predicted octanol–water partition coefficient (Wildman–Crippen LogP) is 2.31. The van der Waals surface area contributed by atoms with Gasteiger partial charge in [-0.15, -0.1) is 0 Å². The lowest BCUT2D eigenvalue weighted by molar-refractivity contribution is -0.135. The van der Waals surface area contributed by atoms with E-state index in [1.807, 2.05) is 29.2 Å². The highest BCUT2D eigenvalue weighted by Crippen LogP contribution is 2.28. The highest BCUT2D eigenvalue weighted by atomic mass is 79.9. The van der Waals surface area contributed by atoms with Gasteiger partial charge in [-0.05, 0) is 25.2 Å². The van der Waals surface area contributed by atoms with Crippen LogP contribution in [0.4, 0.5) is 0 Å². The summed E-state index contributed by atoms with van der Waals surface area (Å²) in [5.41, 5.74) is 0.322. The zero-order valence-electron chi connectivity index (χ0n) is 18.2. The first-order valence-corrected chi connectivity index (χ1v) is 11.7. The van der Waals surface area contributed by atoms with Gasteiger partial charge in [0.05, 0.1) is 6.20 Å². The minimum atomic E-state index is -0.156. The van der Waals surface area contributed by atoms with E-state index in [1.165, 1.54) is 12.4 Å². The van der Waals surface area contributed by atoms with Crippen molar-refractivity contribution in [3.05, 3.63) is 53.0 Å². The van der Waals surface area contributed by atoms with Crippen LogP contribution in [0.25, 0.3) is 0 Å². The Morgan fingerprint density at radius 2 is 1.94 bits per heavy atom. The Labute approximate surface area is 196 Å². The van der Waals surface area contributed by atoms with Gasteiger partial charge >= 0.3 is 0 Å². The van der Waals surface area contributed by atoms with Crippen molar-refractivity contribution >= 4 is 27.7 Å². The Morgan fingerprint density at radius 3 is 2.66 bits per heavy atom. The molecule has 0 spiro atoms. The maximum Gasteiger partial charge on any atom is 0.274 e. The van der Waals surface area contributed by atoms with Crippen LogP contribution in [0.2, 0.25) is 0 Å². The van der Waals surface area contributed by atoms with Crippen molar-refractivity contribution in [2.45, 2.75) is 18.9 Å². The molecule has 3 heterocycles. The third-order valence-corrected chi connectivity index (χ3v) is 6.60. The number of hydrogen-bond donors (Lipinski definition) is 0. The van der Waals surface area contributed by atoms with Gasteiger partial charge < -0.3 is 19.4 Å². The van der Waals surface area contributed by atoms with Crippen molar-refractivity contribution in [2.75, 3.05) is 46.3 Å². The summed E-state index contributed by atoms with van der Waals surface area (Å²) < 4.78 is 7.25. The number of halogens is 1. The van der Waals surface area contributed by atoms with Crippen LogP contribution in [0, 0.1) is 5.92 Å². The van der Waals surface area contributed by atoms with E-state index >= 15 is 0 Å². The molecule has 0 bridgehead atoms. The first-order valence-electron chi connectivity index (χ1n) is 10.9. The summed E-state index contributed by atoms with van der Waals surface area (Å²) >= 11 is 3.48. The first kappa shape index (κ1) is 22.7. The molecule has 0 N–H and O–H groups in total. The van der Waals surface area contributed by atoms with Gasteiger partial charge in [0, 0.05) is 74.9 Å². The van der Waals surface area contributed by atoms with E-state index in [4.69, 9.17) is 4.74 Å². The molecule has 4 rings (SSSR count). The Balaban J connectivity index is 1.48. The molecule has 2 amide bonds. The van der Waals surface area contributed by atoms with Crippen LogP contribution in [0.5, 0.6) is 5.75 Å². The third-order valence-electron chi connectivity index (χ3n) is 6.11. The van der Waals surface area contributed by atoms with Gasteiger partial charge in [0.25, 0.3) is 5.91 Å². The minimum Gasteiger partial charge on any atom is -0.490 e. The van der Waals surface area contributed by atoms with E-state index in [1.54, 1.807) is 11.1 Å². The molecular formula is C23H28BrN5O3. The van der Waals surface area contributed by atoms with E-state index in [-0.39, 0.29) is 23.8 Å². The molecule has 2 aromatic rings. The SMILES string of the molecule is CN1CCN(C(=O)C[C@H]2CN(C(=O)c3cnccn3)CC[C@@H]2Oc2cccc(Br)c2)CC1. The summed E-state index contributed by atoms with van der Waals surface area (Å²) in [4.78, 5) is 40.1. The highest BCUT2D eigenvalue weighted by Gasteiger charge is 2.36. The number of rotatable bonds is 5. The van der Waals surface area contributed by atoms with Crippen LogP contribution in [0.15, 0.2) is 47.3 Å². The molecule has 0 radical (unpaired) electrons. The lowest BCUT2D eigenvalue weighted by Crippen LogP contribution is -2.51. The van der Waals surface area contributed by atoms with Gasteiger partial charge in [-0.2, -0.15) is 0 Å². The van der Waals surface area contributed by atoms with Gasteiger partial charge in [-0.1, -0.05) is 22.0 Å². The Bertz CT molecular complexity index is 936. The first-order chi connectivity index (χ1) is 15.5. The molecule has 170 valence electrons. The number of likely N-dealkylation sites (tertiary alicyclic amines) is 1. The number of amides is 2. The second kappa shape index (κ2) is 10.4. The number of piperazine rings is 1. The standard InChI is InChI=1S/C23H28BrN5O3/c1-27-9-11-28(12-10-27)22(30)13-17-16-29(23(31)20-15-25-6-7-26-20)8-5-21(17)32-19-4-2-3-18(24)14-19/h2-4,6-7,14-15,17,21H,5,8-13,16H2,1H3/t17-,21-/m0/s1. The van der Waals surface area contributed by atoms with Crippen LogP contribution in [0.3, 0.4) is 0 Å². The minimum absolute atomic E-state index is 0.101. The average molecular weight is 502 g/mol. The summed E-state index contributed by atoms with van der Waals surface area (Å²) in [6.07, 6.45) is 5.41.